The molecule has 3 aliphatic rings. The number of likely N-dealkylation sites (tertiary alicyclic amines) is 1. The molecule has 3 atom stereocenters. The summed E-state index contributed by atoms with van der Waals surface area (Å²) < 4.78 is 5.60. The quantitative estimate of drug-likeness (QED) is 0.524. The second-order valence-corrected chi connectivity index (χ2v) is 9.14. The molecule has 3 aromatic rings. The average Bonchev–Trinajstić information content (AvgIpc) is 3.54. The molecule has 0 radical (unpaired) electrons. The SMILES string of the molecule is N#Cc1ncc(N2C(=O)[C@@H]3C4CC(CN4C(=O)COc4ccc(Cl)cc4)N3C2=O)c2ccccc12. The molecule has 2 aromatic carbocycles. The van der Waals surface area contributed by atoms with E-state index in [0.29, 0.717) is 40.2 Å². The van der Waals surface area contributed by atoms with Crippen LogP contribution >= 0.6 is 11.6 Å². The molecular weight excluding hydrogens is 470 g/mol. The topological polar surface area (TPSA) is 107 Å². The minimum Gasteiger partial charge on any atom is -0.484 e. The van der Waals surface area contributed by atoms with Gasteiger partial charge >= 0.3 is 6.03 Å². The molecule has 0 aliphatic carbocycles. The van der Waals surface area contributed by atoms with Crippen LogP contribution in [-0.2, 0) is 9.59 Å². The Kier molecular flexibility index (Phi) is 4.86. The highest BCUT2D eigenvalue weighted by atomic mass is 35.5. The van der Waals surface area contributed by atoms with E-state index >= 15 is 0 Å². The van der Waals surface area contributed by atoms with Gasteiger partial charge in [0.15, 0.2) is 6.61 Å². The van der Waals surface area contributed by atoms with Gasteiger partial charge < -0.3 is 14.5 Å². The van der Waals surface area contributed by atoms with Crippen LogP contribution in [0.2, 0.25) is 5.02 Å². The third-order valence-corrected chi connectivity index (χ3v) is 7.13. The van der Waals surface area contributed by atoms with E-state index in [0.717, 1.165) is 4.90 Å². The van der Waals surface area contributed by atoms with E-state index in [1.54, 1.807) is 58.3 Å². The largest absolute Gasteiger partial charge is 0.484 e. The number of hydrogen-bond acceptors (Lipinski definition) is 6. The smallest absolute Gasteiger partial charge is 0.332 e. The van der Waals surface area contributed by atoms with Gasteiger partial charge in [0.1, 0.15) is 23.6 Å². The molecule has 35 heavy (non-hydrogen) atoms. The van der Waals surface area contributed by atoms with Crippen molar-refractivity contribution in [1.82, 2.24) is 14.8 Å². The first-order chi connectivity index (χ1) is 17.0. The number of halogens is 1. The van der Waals surface area contributed by atoms with Crippen LogP contribution in [0.5, 0.6) is 5.75 Å². The molecule has 0 saturated carbocycles. The maximum Gasteiger partial charge on any atom is 0.332 e. The van der Waals surface area contributed by atoms with Gasteiger partial charge in [-0.05, 0) is 30.7 Å². The van der Waals surface area contributed by atoms with E-state index in [4.69, 9.17) is 16.3 Å². The van der Waals surface area contributed by atoms with Crippen molar-refractivity contribution in [2.24, 2.45) is 0 Å². The Hall–Kier alpha value is -4.16. The number of pyridine rings is 1. The number of ether oxygens (including phenoxy) is 1. The minimum atomic E-state index is -0.755. The normalized spacial score (nSPS) is 22.6. The van der Waals surface area contributed by atoms with Gasteiger partial charge in [-0.25, -0.2) is 14.7 Å². The van der Waals surface area contributed by atoms with Crippen LogP contribution in [-0.4, -0.2) is 63.9 Å². The number of nitrogens with zero attached hydrogens (tertiary/aromatic N) is 5. The van der Waals surface area contributed by atoms with Gasteiger partial charge in [-0.1, -0.05) is 35.9 Å². The third-order valence-electron chi connectivity index (χ3n) is 6.88. The molecule has 2 bridgehead atoms. The van der Waals surface area contributed by atoms with Gasteiger partial charge in [-0.2, -0.15) is 5.26 Å². The summed E-state index contributed by atoms with van der Waals surface area (Å²) in [5, 5.41) is 11.1. The molecule has 6 rings (SSSR count). The van der Waals surface area contributed by atoms with Crippen molar-refractivity contribution < 1.29 is 19.1 Å². The number of anilines is 1. The summed E-state index contributed by atoms with van der Waals surface area (Å²) in [5.74, 6) is -0.112. The molecule has 3 aliphatic heterocycles. The van der Waals surface area contributed by atoms with E-state index in [9.17, 15) is 19.6 Å². The lowest BCUT2D eigenvalue weighted by atomic mass is 10.1. The Labute approximate surface area is 205 Å². The van der Waals surface area contributed by atoms with Gasteiger partial charge in [0.05, 0.1) is 24.0 Å². The summed E-state index contributed by atoms with van der Waals surface area (Å²) in [6.07, 6.45) is 1.94. The number of hydrogen-bond donors (Lipinski definition) is 0. The summed E-state index contributed by atoms with van der Waals surface area (Å²) in [5.41, 5.74) is 0.564. The number of amides is 4. The molecule has 1 aromatic heterocycles. The first-order valence-electron chi connectivity index (χ1n) is 11.1. The van der Waals surface area contributed by atoms with Crippen molar-refractivity contribution in [3.05, 3.63) is 65.4 Å². The average molecular weight is 488 g/mol. The minimum absolute atomic E-state index is 0.173. The number of aromatic nitrogens is 1. The Morgan fingerprint density at radius 2 is 1.89 bits per heavy atom. The van der Waals surface area contributed by atoms with Crippen LogP contribution < -0.4 is 9.64 Å². The number of carbonyl (C=O) groups is 3. The Morgan fingerprint density at radius 1 is 1.14 bits per heavy atom. The summed E-state index contributed by atoms with van der Waals surface area (Å²) in [7, 11) is 0. The standard InChI is InChI=1S/C25H18ClN5O4/c26-14-5-7-16(8-6-14)35-13-22(32)29-12-15-9-20(29)23-24(33)31(25(34)30(15)23)21-11-28-19(10-27)17-3-1-2-4-18(17)21/h1-8,11,15,20,23H,9,12-13H2/t15?,20?,23-/m0/s1. The summed E-state index contributed by atoms with van der Waals surface area (Å²) in [4.78, 5) is 48.5. The lowest BCUT2D eigenvalue weighted by Crippen LogP contribution is -2.55. The van der Waals surface area contributed by atoms with Crippen molar-refractivity contribution in [2.45, 2.75) is 24.5 Å². The van der Waals surface area contributed by atoms with Crippen molar-refractivity contribution in [1.29, 1.82) is 5.26 Å². The first kappa shape index (κ1) is 21.4. The van der Waals surface area contributed by atoms with Crippen LogP contribution in [0.15, 0.2) is 54.7 Å². The number of imide groups is 1. The van der Waals surface area contributed by atoms with Gasteiger partial charge in [0.2, 0.25) is 0 Å². The molecule has 3 saturated heterocycles. The monoisotopic (exact) mass is 487 g/mol. The number of nitriles is 1. The van der Waals surface area contributed by atoms with Gasteiger partial charge in [0.25, 0.3) is 11.8 Å². The number of rotatable bonds is 4. The fourth-order valence-electron chi connectivity index (χ4n) is 5.37. The zero-order chi connectivity index (χ0) is 24.3. The summed E-state index contributed by atoms with van der Waals surface area (Å²) >= 11 is 5.88. The second-order valence-electron chi connectivity index (χ2n) is 8.70. The van der Waals surface area contributed by atoms with E-state index in [2.05, 4.69) is 4.98 Å². The maximum atomic E-state index is 13.6. The van der Waals surface area contributed by atoms with Crippen LogP contribution in [0.25, 0.3) is 10.8 Å². The fraction of sp³-hybridized carbons (Fsp3) is 0.240. The number of urea groups is 1. The Bertz CT molecular complexity index is 1440. The van der Waals surface area contributed by atoms with Gasteiger partial charge in [-0.3, -0.25) is 9.59 Å². The predicted molar refractivity (Wildman–Crippen MR) is 126 cm³/mol. The van der Waals surface area contributed by atoms with Crippen LogP contribution in [0.3, 0.4) is 0 Å². The maximum absolute atomic E-state index is 13.6. The zero-order valence-corrected chi connectivity index (χ0v) is 19.1. The molecule has 10 heteroatoms. The van der Waals surface area contributed by atoms with Crippen LogP contribution in [0.1, 0.15) is 12.1 Å². The van der Waals surface area contributed by atoms with Gasteiger partial charge in [-0.15, -0.1) is 0 Å². The number of fused-ring (bicyclic) bond motifs is 6. The number of carbonyl (C=O) groups excluding carboxylic acids is 3. The molecule has 9 nitrogen and oxygen atoms in total. The van der Waals surface area contributed by atoms with E-state index in [1.807, 2.05) is 6.07 Å². The number of piperazine rings is 1. The lowest BCUT2D eigenvalue weighted by Gasteiger charge is -2.34. The van der Waals surface area contributed by atoms with Crippen LogP contribution in [0, 0.1) is 11.3 Å². The van der Waals surface area contributed by atoms with E-state index < -0.39 is 24.0 Å². The van der Waals surface area contributed by atoms with E-state index in [-0.39, 0.29) is 24.2 Å². The van der Waals surface area contributed by atoms with Crippen molar-refractivity contribution in [2.75, 3.05) is 18.1 Å². The Morgan fingerprint density at radius 3 is 2.63 bits per heavy atom. The number of benzene rings is 2. The molecule has 2 unspecified atom stereocenters. The van der Waals surface area contributed by atoms with Crippen molar-refractivity contribution >= 4 is 45.9 Å². The highest BCUT2D eigenvalue weighted by Gasteiger charge is 2.63. The highest BCUT2D eigenvalue weighted by Crippen LogP contribution is 2.43. The van der Waals surface area contributed by atoms with Crippen molar-refractivity contribution in [3.8, 4) is 11.8 Å². The summed E-state index contributed by atoms with van der Waals surface area (Å²) in [6, 6.07) is 14.0. The van der Waals surface area contributed by atoms with Gasteiger partial charge in [0, 0.05) is 22.3 Å². The molecule has 4 heterocycles. The lowest BCUT2D eigenvalue weighted by molar-refractivity contribution is -0.137. The predicted octanol–water partition coefficient (Wildman–Crippen LogP) is 2.96. The molecule has 174 valence electrons. The zero-order valence-electron chi connectivity index (χ0n) is 18.3. The highest BCUT2D eigenvalue weighted by molar-refractivity contribution is 6.30. The summed E-state index contributed by atoms with van der Waals surface area (Å²) in [6.45, 7) is 0.177. The van der Waals surface area contributed by atoms with E-state index in [1.165, 1.54) is 6.20 Å². The molecule has 0 N–H and O–H groups in total. The first-order valence-corrected chi connectivity index (χ1v) is 11.5. The molecule has 4 amide bonds. The third kappa shape index (κ3) is 3.21. The Balaban J connectivity index is 1.25. The molecule has 3 fully saturated rings. The van der Waals surface area contributed by atoms with Crippen molar-refractivity contribution in [3.63, 3.8) is 0 Å². The second kappa shape index (κ2) is 7.96. The fourth-order valence-corrected chi connectivity index (χ4v) is 5.50. The van der Waals surface area contributed by atoms with Crippen LogP contribution in [0.4, 0.5) is 10.5 Å². The molecule has 0 spiro atoms. The molecular formula is C25H18ClN5O4.